The lowest BCUT2D eigenvalue weighted by Crippen LogP contribution is -2.02. The number of nitrogens with two attached hydrogens (primary N) is 1. The smallest absolute Gasteiger partial charge is 0.177 e. The fourth-order valence-electron chi connectivity index (χ4n) is 2.12. The highest BCUT2D eigenvalue weighted by molar-refractivity contribution is 9.10. The Morgan fingerprint density at radius 1 is 1.21 bits per heavy atom. The van der Waals surface area contributed by atoms with Crippen LogP contribution in [0.2, 0.25) is 0 Å². The Kier molecular flexibility index (Phi) is 3.31. The second kappa shape index (κ2) is 5.11. The molecule has 2 aromatic heterocycles. The van der Waals surface area contributed by atoms with E-state index in [2.05, 4.69) is 36.9 Å². The fraction of sp³-hybridized carbons (Fsp3) is 0.143. The van der Waals surface area contributed by atoms with Gasteiger partial charge in [-0.05, 0) is 33.1 Å². The van der Waals surface area contributed by atoms with Crippen LogP contribution in [0.4, 0.5) is 0 Å². The number of aromatic amines is 1. The van der Waals surface area contributed by atoms with Crippen molar-refractivity contribution in [3.8, 4) is 0 Å². The zero-order valence-corrected chi connectivity index (χ0v) is 11.8. The summed E-state index contributed by atoms with van der Waals surface area (Å²) in [5, 5.41) is 0. The third-order valence-electron chi connectivity index (χ3n) is 3.05. The molecule has 3 N–H and O–H groups in total. The largest absolute Gasteiger partial charge is 0.340 e. The second-order valence-electron chi connectivity index (χ2n) is 4.36. The summed E-state index contributed by atoms with van der Waals surface area (Å²) in [5.41, 5.74) is 9.78. The molecule has 0 aliphatic rings. The highest BCUT2D eigenvalue weighted by Crippen LogP contribution is 2.17. The van der Waals surface area contributed by atoms with Crippen molar-refractivity contribution >= 4 is 27.1 Å². The molecule has 1 aromatic carbocycles. The lowest BCUT2D eigenvalue weighted by atomic mass is 10.0. The number of benzene rings is 1. The number of hydrogen-bond acceptors (Lipinski definition) is 3. The average molecular weight is 317 g/mol. The van der Waals surface area contributed by atoms with Crippen molar-refractivity contribution < 1.29 is 0 Å². The molecular weight excluding hydrogens is 304 g/mol. The summed E-state index contributed by atoms with van der Waals surface area (Å²) in [7, 11) is 0. The van der Waals surface area contributed by atoms with Gasteiger partial charge in [0.05, 0.1) is 5.52 Å². The predicted octanol–water partition coefficient (Wildman–Crippen LogP) is 2.77. The van der Waals surface area contributed by atoms with E-state index in [-0.39, 0.29) is 0 Å². The number of rotatable bonds is 3. The van der Waals surface area contributed by atoms with Crippen molar-refractivity contribution in [2.24, 2.45) is 5.73 Å². The number of fused-ring (bicyclic) bond motifs is 1. The summed E-state index contributed by atoms with van der Waals surface area (Å²) in [6, 6.07) is 10.1. The maximum Gasteiger partial charge on any atom is 0.177 e. The number of hydrogen-bond donors (Lipinski definition) is 2. The van der Waals surface area contributed by atoms with Crippen LogP contribution in [0.15, 0.2) is 41.0 Å². The molecule has 0 spiro atoms. The van der Waals surface area contributed by atoms with E-state index < -0.39 is 0 Å². The van der Waals surface area contributed by atoms with E-state index in [9.17, 15) is 0 Å². The van der Waals surface area contributed by atoms with Crippen molar-refractivity contribution in [2.75, 3.05) is 0 Å². The molecule has 0 bridgehead atoms. The first-order valence-electron chi connectivity index (χ1n) is 6.03. The Balaban J connectivity index is 1.96. The van der Waals surface area contributed by atoms with Crippen LogP contribution < -0.4 is 5.73 Å². The van der Waals surface area contributed by atoms with Gasteiger partial charge in [0.2, 0.25) is 0 Å². The van der Waals surface area contributed by atoms with Crippen LogP contribution >= 0.6 is 15.9 Å². The van der Waals surface area contributed by atoms with E-state index in [1.54, 1.807) is 6.20 Å². The highest BCUT2D eigenvalue weighted by Gasteiger charge is 2.07. The van der Waals surface area contributed by atoms with Gasteiger partial charge in [0.25, 0.3) is 0 Å². The standard InChI is InChI=1S/C14H13BrN4/c15-11-6-12-14(17-8-11)19-13(18-12)5-9-3-1-2-4-10(9)7-16/h1-4,6,8H,5,7,16H2,(H,17,18,19). The van der Waals surface area contributed by atoms with Crippen LogP contribution in [0.3, 0.4) is 0 Å². The van der Waals surface area contributed by atoms with Gasteiger partial charge in [-0.25, -0.2) is 9.97 Å². The van der Waals surface area contributed by atoms with Crippen molar-refractivity contribution in [3.63, 3.8) is 0 Å². The molecule has 0 unspecified atom stereocenters. The maximum atomic E-state index is 5.75. The molecule has 0 atom stereocenters. The average Bonchev–Trinajstić information content (AvgIpc) is 2.80. The summed E-state index contributed by atoms with van der Waals surface area (Å²) in [6.07, 6.45) is 2.49. The Hall–Kier alpha value is -1.72. The van der Waals surface area contributed by atoms with Crippen LogP contribution in [0.5, 0.6) is 0 Å². The molecule has 5 heteroatoms. The fourth-order valence-corrected chi connectivity index (χ4v) is 2.45. The van der Waals surface area contributed by atoms with Crippen molar-refractivity contribution in [1.82, 2.24) is 15.0 Å². The number of halogens is 1. The molecular formula is C14H13BrN4. The Morgan fingerprint density at radius 3 is 2.79 bits per heavy atom. The minimum Gasteiger partial charge on any atom is -0.340 e. The summed E-state index contributed by atoms with van der Waals surface area (Å²) in [4.78, 5) is 12.1. The minimum atomic E-state index is 0.542. The lowest BCUT2D eigenvalue weighted by molar-refractivity contribution is 0.976. The van der Waals surface area contributed by atoms with Gasteiger partial charge in [-0.15, -0.1) is 0 Å². The first-order valence-corrected chi connectivity index (χ1v) is 6.82. The second-order valence-corrected chi connectivity index (χ2v) is 5.27. The summed E-state index contributed by atoms with van der Waals surface area (Å²) in [5.74, 6) is 0.904. The van der Waals surface area contributed by atoms with Crippen LogP contribution in [0.25, 0.3) is 11.2 Å². The zero-order valence-electron chi connectivity index (χ0n) is 10.2. The molecule has 4 nitrogen and oxygen atoms in total. The van der Waals surface area contributed by atoms with E-state index in [0.29, 0.717) is 6.54 Å². The minimum absolute atomic E-state index is 0.542. The molecule has 0 radical (unpaired) electrons. The van der Waals surface area contributed by atoms with Crippen LogP contribution in [0.1, 0.15) is 17.0 Å². The quantitative estimate of drug-likeness (QED) is 0.780. The van der Waals surface area contributed by atoms with Crippen molar-refractivity contribution in [2.45, 2.75) is 13.0 Å². The summed E-state index contributed by atoms with van der Waals surface area (Å²) in [6.45, 7) is 0.542. The van der Waals surface area contributed by atoms with Gasteiger partial charge in [0.1, 0.15) is 5.82 Å². The normalized spacial score (nSPS) is 11.1. The molecule has 96 valence electrons. The van der Waals surface area contributed by atoms with Gasteiger partial charge >= 0.3 is 0 Å². The first kappa shape index (κ1) is 12.3. The molecule has 19 heavy (non-hydrogen) atoms. The molecule has 0 amide bonds. The highest BCUT2D eigenvalue weighted by atomic mass is 79.9. The first-order chi connectivity index (χ1) is 9.26. The Bertz CT molecular complexity index is 720. The van der Waals surface area contributed by atoms with Gasteiger partial charge in [-0.3, -0.25) is 0 Å². The van der Waals surface area contributed by atoms with Crippen LogP contribution in [-0.2, 0) is 13.0 Å². The molecule has 0 aliphatic heterocycles. The molecule has 0 fully saturated rings. The SMILES string of the molecule is NCc1ccccc1Cc1nc2ncc(Br)cc2[nH]1. The number of nitrogens with zero attached hydrogens (tertiary/aromatic N) is 2. The number of aromatic nitrogens is 3. The van der Waals surface area contributed by atoms with Crippen LogP contribution in [0, 0.1) is 0 Å². The summed E-state index contributed by atoms with van der Waals surface area (Å²) < 4.78 is 0.942. The van der Waals surface area contributed by atoms with Gasteiger partial charge in [0, 0.05) is 23.6 Å². The summed E-state index contributed by atoms with van der Waals surface area (Å²) >= 11 is 3.40. The predicted molar refractivity (Wildman–Crippen MR) is 78.7 cm³/mol. The topological polar surface area (TPSA) is 67.6 Å². The molecule has 0 aliphatic carbocycles. The molecule has 0 saturated heterocycles. The van der Waals surface area contributed by atoms with Gasteiger partial charge in [-0.2, -0.15) is 0 Å². The third-order valence-corrected chi connectivity index (χ3v) is 3.48. The lowest BCUT2D eigenvalue weighted by Gasteiger charge is -2.04. The van der Waals surface area contributed by atoms with Gasteiger partial charge in [0.15, 0.2) is 5.65 Å². The molecule has 3 rings (SSSR count). The maximum absolute atomic E-state index is 5.75. The zero-order chi connectivity index (χ0) is 13.2. The van der Waals surface area contributed by atoms with E-state index in [1.165, 1.54) is 5.56 Å². The number of H-pyrrole nitrogens is 1. The van der Waals surface area contributed by atoms with E-state index in [4.69, 9.17) is 5.73 Å². The van der Waals surface area contributed by atoms with Crippen molar-refractivity contribution in [3.05, 3.63) is 58.0 Å². The number of imidazole rings is 1. The number of pyridine rings is 1. The third kappa shape index (κ3) is 2.52. The van der Waals surface area contributed by atoms with E-state index in [1.807, 2.05) is 24.3 Å². The van der Waals surface area contributed by atoms with Crippen LogP contribution in [-0.4, -0.2) is 15.0 Å². The van der Waals surface area contributed by atoms with E-state index >= 15 is 0 Å². The monoisotopic (exact) mass is 316 g/mol. The Labute approximate surface area is 119 Å². The Morgan fingerprint density at radius 2 is 2.00 bits per heavy atom. The number of nitrogens with one attached hydrogen (secondary N) is 1. The molecule has 2 heterocycles. The van der Waals surface area contributed by atoms with Gasteiger partial charge < -0.3 is 10.7 Å². The van der Waals surface area contributed by atoms with Gasteiger partial charge in [-0.1, -0.05) is 24.3 Å². The van der Waals surface area contributed by atoms with E-state index in [0.717, 1.165) is 33.4 Å². The molecule has 3 aromatic rings. The van der Waals surface area contributed by atoms with Crippen molar-refractivity contribution in [1.29, 1.82) is 0 Å². The molecule has 0 saturated carbocycles.